The van der Waals surface area contributed by atoms with Gasteiger partial charge in [0.2, 0.25) is 0 Å². The van der Waals surface area contributed by atoms with Crippen LogP contribution in [0.2, 0.25) is 0 Å². The van der Waals surface area contributed by atoms with Crippen molar-refractivity contribution in [1.29, 1.82) is 0 Å². The van der Waals surface area contributed by atoms with E-state index in [0.717, 1.165) is 0 Å². The third kappa shape index (κ3) is 5.21. The van der Waals surface area contributed by atoms with Crippen molar-refractivity contribution in [3.63, 3.8) is 0 Å². The molecule has 0 bridgehead atoms. The van der Waals surface area contributed by atoms with Crippen molar-refractivity contribution < 1.29 is 9.18 Å². The molecule has 0 aromatic heterocycles. The van der Waals surface area contributed by atoms with Gasteiger partial charge in [0.05, 0.1) is 0 Å². The van der Waals surface area contributed by atoms with E-state index in [1.54, 1.807) is 0 Å². The van der Waals surface area contributed by atoms with Gasteiger partial charge in [-0.15, -0.1) is 0 Å². The van der Waals surface area contributed by atoms with Crippen LogP contribution in [0.15, 0.2) is 11.9 Å². The SMILES string of the molecule is CC(C)C/C=C(\F)C=O. The first-order chi connectivity index (χ1) is 4.16. The first-order valence-electron chi connectivity index (χ1n) is 2.97. The first-order valence-corrected chi connectivity index (χ1v) is 2.97. The molecule has 0 aromatic carbocycles. The van der Waals surface area contributed by atoms with Crippen molar-refractivity contribution in [3.8, 4) is 0 Å². The Morgan fingerprint density at radius 1 is 1.67 bits per heavy atom. The highest BCUT2D eigenvalue weighted by molar-refractivity contribution is 5.69. The Balaban J connectivity index is 3.56. The number of hydrogen-bond donors (Lipinski definition) is 0. The number of halogens is 1. The molecule has 0 rings (SSSR count). The summed E-state index contributed by atoms with van der Waals surface area (Å²) in [7, 11) is 0. The summed E-state index contributed by atoms with van der Waals surface area (Å²) in [5, 5.41) is 0. The topological polar surface area (TPSA) is 17.1 Å². The minimum absolute atomic E-state index is 0.225. The van der Waals surface area contributed by atoms with Gasteiger partial charge in [-0.05, 0) is 18.4 Å². The molecule has 0 radical (unpaired) electrons. The fraction of sp³-hybridized carbons (Fsp3) is 0.571. The second-order valence-corrected chi connectivity index (χ2v) is 2.34. The minimum atomic E-state index is -0.663. The highest BCUT2D eigenvalue weighted by Gasteiger charge is 1.92. The summed E-state index contributed by atoms with van der Waals surface area (Å²) in [5.41, 5.74) is 0. The molecule has 0 aliphatic rings. The number of rotatable bonds is 3. The van der Waals surface area contributed by atoms with E-state index < -0.39 is 5.83 Å². The molecular formula is C7H11FO. The highest BCUT2D eigenvalue weighted by Crippen LogP contribution is 2.03. The summed E-state index contributed by atoms with van der Waals surface area (Å²) in [5.74, 6) is -0.251. The zero-order valence-electron chi connectivity index (χ0n) is 5.73. The largest absolute Gasteiger partial charge is 0.295 e. The molecule has 0 aliphatic heterocycles. The molecule has 0 N–H and O–H groups in total. The van der Waals surface area contributed by atoms with Crippen LogP contribution in [-0.2, 0) is 4.79 Å². The van der Waals surface area contributed by atoms with E-state index in [4.69, 9.17) is 0 Å². The molecule has 0 saturated carbocycles. The Morgan fingerprint density at radius 3 is 2.56 bits per heavy atom. The Bertz CT molecular complexity index is 116. The molecule has 0 saturated heterocycles. The van der Waals surface area contributed by atoms with Crippen LogP contribution in [0.4, 0.5) is 4.39 Å². The van der Waals surface area contributed by atoms with E-state index in [1.807, 2.05) is 13.8 Å². The van der Waals surface area contributed by atoms with Crippen LogP contribution in [0, 0.1) is 5.92 Å². The standard InChI is InChI=1S/C7H11FO/c1-6(2)3-4-7(8)5-9/h4-6H,3H2,1-2H3/b7-4-. The summed E-state index contributed by atoms with van der Waals surface area (Å²) in [6, 6.07) is 0. The van der Waals surface area contributed by atoms with Gasteiger partial charge in [0.15, 0.2) is 12.1 Å². The maximum absolute atomic E-state index is 12.0. The summed E-state index contributed by atoms with van der Waals surface area (Å²) in [6.07, 6.45) is 2.16. The predicted octanol–water partition coefficient (Wildman–Crippen LogP) is 2.08. The van der Waals surface area contributed by atoms with Crippen LogP contribution in [-0.4, -0.2) is 6.29 Å². The normalized spacial score (nSPS) is 12.2. The lowest BCUT2D eigenvalue weighted by molar-refractivity contribution is -0.106. The van der Waals surface area contributed by atoms with Crippen molar-refractivity contribution in [2.75, 3.05) is 0 Å². The molecule has 0 amide bonds. The van der Waals surface area contributed by atoms with Crippen LogP contribution in [0.1, 0.15) is 20.3 Å². The van der Waals surface area contributed by atoms with Gasteiger partial charge in [-0.3, -0.25) is 4.79 Å². The van der Waals surface area contributed by atoms with Gasteiger partial charge >= 0.3 is 0 Å². The van der Waals surface area contributed by atoms with Gasteiger partial charge < -0.3 is 0 Å². The molecule has 2 heteroatoms. The number of hydrogen-bond acceptors (Lipinski definition) is 1. The Kier molecular flexibility index (Phi) is 3.93. The fourth-order valence-electron chi connectivity index (χ4n) is 0.396. The number of allylic oxidation sites excluding steroid dienone is 2. The number of carbonyl (C=O) groups excluding carboxylic acids is 1. The van der Waals surface area contributed by atoms with E-state index >= 15 is 0 Å². The lowest BCUT2D eigenvalue weighted by Crippen LogP contribution is -1.83. The van der Waals surface area contributed by atoms with Gasteiger partial charge in [-0.1, -0.05) is 13.8 Å². The lowest BCUT2D eigenvalue weighted by Gasteiger charge is -1.94. The zero-order valence-corrected chi connectivity index (χ0v) is 5.73. The van der Waals surface area contributed by atoms with Crippen molar-refractivity contribution in [3.05, 3.63) is 11.9 Å². The van der Waals surface area contributed by atoms with Gasteiger partial charge in [-0.2, -0.15) is 0 Å². The van der Waals surface area contributed by atoms with Crippen molar-refractivity contribution in [2.24, 2.45) is 5.92 Å². The van der Waals surface area contributed by atoms with Crippen LogP contribution in [0.5, 0.6) is 0 Å². The van der Waals surface area contributed by atoms with E-state index in [1.165, 1.54) is 6.08 Å². The molecular weight excluding hydrogens is 119 g/mol. The van der Waals surface area contributed by atoms with Crippen LogP contribution in [0.3, 0.4) is 0 Å². The molecule has 0 heterocycles. The first kappa shape index (κ1) is 8.34. The maximum Gasteiger partial charge on any atom is 0.178 e. The Morgan fingerprint density at radius 2 is 2.22 bits per heavy atom. The van der Waals surface area contributed by atoms with Crippen molar-refractivity contribution in [2.45, 2.75) is 20.3 Å². The summed E-state index contributed by atoms with van der Waals surface area (Å²) in [6.45, 7) is 3.93. The molecule has 0 fully saturated rings. The Hall–Kier alpha value is -0.660. The average molecular weight is 130 g/mol. The van der Waals surface area contributed by atoms with E-state index in [2.05, 4.69) is 0 Å². The molecule has 0 aliphatic carbocycles. The van der Waals surface area contributed by atoms with Crippen LogP contribution >= 0.6 is 0 Å². The van der Waals surface area contributed by atoms with Crippen molar-refractivity contribution in [1.82, 2.24) is 0 Å². The third-order valence-corrected chi connectivity index (χ3v) is 0.897. The molecule has 52 valence electrons. The van der Waals surface area contributed by atoms with Gasteiger partial charge in [0.25, 0.3) is 0 Å². The summed E-state index contributed by atoms with van der Waals surface area (Å²) >= 11 is 0. The molecule has 0 atom stereocenters. The molecule has 0 spiro atoms. The maximum atomic E-state index is 12.0. The van der Waals surface area contributed by atoms with Crippen LogP contribution in [0.25, 0.3) is 0 Å². The zero-order chi connectivity index (χ0) is 7.28. The second kappa shape index (κ2) is 4.24. The van der Waals surface area contributed by atoms with Gasteiger partial charge in [-0.25, -0.2) is 4.39 Å². The van der Waals surface area contributed by atoms with Gasteiger partial charge in [0, 0.05) is 0 Å². The molecule has 9 heavy (non-hydrogen) atoms. The number of carbonyl (C=O) groups is 1. The predicted molar refractivity (Wildman–Crippen MR) is 34.7 cm³/mol. The molecule has 1 nitrogen and oxygen atoms in total. The highest BCUT2D eigenvalue weighted by atomic mass is 19.1. The third-order valence-electron chi connectivity index (χ3n) is 0.897. The summed E-state index contributed by atoms with van der Waals surface area (Å²) in [4.78, 5) is 9.67. The average Bonchev–Trinajstić information content (AvgIpc) is 1.83. The van der Waals surface area contributed by atoms with Crippen LogP contribution < -0.4 is 0 Å². The second-order valence-electron chi connectivity index (χ2n) is 2.34. The minimum Gasteiger partial charge on any atom is -0.295 e. The smallest absolute Gasteiger partial charge is 0.178 e. The van der Waals surface area contributed by atoms with E-state index in [-0.39, 0.29) is 6.29 Å². The lowest BCUT2D eigenvalue weighted by atomic mass is 10.1. The van der Waals surface area contributed by atoms with E-state index in [9.17, 15) is 9.18 Å². The monoisotopic (exact) mass is 130 g/mol. The van der Waals surface area contributed by atoms with Gasteiger partial charge in [0.1, 0.15) is 0 Å². The summed E-state index contributed by atoms with van der Waals surface area (Å²) < 4.78 is 12.0. The fourth-order valence-corrected chi connectivity index (χ4v) is 0.396. The van der Waals surface area contributed by atoms with Crippen molar-refractivity contribution >= 4 is 6.29 Å². The molecule has 0 aromatic rings. The number of aldehydes is 1. The Labute approximate surface area is 54.6 Å². The quantitative estimate of drug-likeness (QED) is 0.422. The molecule has 0 unspecified atom stereocenters. The van der Waals surface area contributed by atoms with E-state index in [0.29, 0.717) is 12.3 Å².